The second-order valence-electron chi connectivity index (χ2n) is 7.11. The highest BCUT2D eigenvalue weighted by Gasteiger charge is 2.13. The predicted octanol–water partition coefficient (Wildman–Crippen LogP) is 3.61. The third kappa shape index (κ3) is 7.08. The van der Waals surface area contributed by atoms with Gasteiger partial charge in [0.2, 0.25) is 11.8 Å². The van der Waals surface area contributed by atoms with E-state index in [1.165, 1.54) is 0 Å². The second-order valence-corrected chi connectivity index (χ2v) is 7.11. The van der Waals surface area contributed by atoms with Crippen molar-refractivity contribution in [3.8, 4) is 11.5 Å². The van der Waals surface area contributed by atoms with E-state index in [-0.39, 0.29) is 24.9 Å². The standard InChI is InChI=1S/C23H31N3O4/c1-6-29-20-11-9-18(13-21(20)30-7-2)24-22(27)14-26(5)15-23(28)25-19-10-8-16(3)12-17(19)4/h8-13H,6-7,14-15H2,1-5H3,(H,24,27)(H,25,28). The van der Waals surface area contributed by atoms with E-state index in [2.05, 4.69) is 10.6 Å². The third-order valence-corrected chi connectivity index (χ3v) is 4.31. The van der Waals surface area contributed by atoms with E-state index in [0.717, 1.165) is 16.8 Å². The van der Waals surface area contributed by atoms with Crippen molar-refractivity contribution >= 4 is 23.2 Å². The molecule has 0 bridgehead atoms. The van der Waals surface area contributed by atoms with Crippen molar-refractivity contribution in [1.29, 1.82) is 0 Å². The van der Waals surface area contributed by atoms with Gasteiger partial charge in [-0.3, -0.25) is 14.5 Å². The van der Waals surface area contributed by atoms with E-state index < -0.39 is 0 Å². The number of hydrogen-bond acceptors (Lipinski definition) is 5. The summed E-state index contributed by atoms with van der Waals surface area (Å²) in [5.74, 6) is 0.830. The Morgan fingerprint density at radius 3 is 2.13 bits per heavy atom. The van der Waals surface area contributed by atoms with Crippen LogP contribution in [0, 0.1) is 13.8 Å². The zero-order valence-corrected chi connectivity index (χ0v) is 18.4. The summed E-state index contributed by atoms with van der Waals surface area (Å²) in [5, 5.41) is 5.72. The lowest BCUT2D eigenvalue weighted by molar-refractivity contribution is -0.119. The number of nitrogens with zero attached hydrogens (tertiary/aromatic N) is 1. The summed E-state index contributed by atoms with van der Waals surface area (Å²) >= 11 is 0. The van der Waals surface area contributed by atoms with Gasteiger partial charge < -0.3 is 20.1 Å². The van der Waals surface area contributed by atoms with Gasteiger partial charge in [0.25, 0.3) is 0 Å². The van der Waals surface area contributed by atoms with Crippen molar-refractivity contribution in [3.05, 3.63) is 47.5 Å². The first-order valence-electron chi connectivity index (χ1n) is 10.1. The van der Waals surface area contributed by atoms with Crippen LogP contribution in [-0.2, 0) is 9.59 Å². The highest BCUT2D eigenvalue weighted by atomic mass is 16.5. The number of ether oxygens (including phenoxy) is 2. The largest absolute Gasteiger partial charge is 0.490 e. The molecule has 0 fully saturated rings. The van der Waals surface area contributed by atoms with Crippen molar-refractivity contribution in [1.82, 2.24) is 4.90 Å². The quantitative estimate of drug-likeness (QED) is 0.622. The second kappa shape index (κ2) is 11.2. The summed E-state index contributed by atoms with van der Waals surface area (Å²) < 4.78 is 11.1. The van der Waals surface area contributed by atoms with Gasteiger partial charge in [-0.2, -0.15) is 0 Å². The number of nitrogens with one attached hydrogen (secondary N) is 2. The molecule has 0 unspecified atom stereocenters. The maximum absolute atomic E-state index is 12.4. The zero-order valence-electron chi connectivity index (χ0n) is 18.4. The first kappa shape index (κ1) is 23.2. The fraction of sp³-hybridized carbons (Fsp3) is 0.391. The van der Waals surface area contributed by atoms with Gasteiger partial charge in [-0.25, -0.2) is 0 Å². The minimum Gasteiger partial charge on any atom is -0.490 e. The highest BCUT2D eigenvalue weighted by molar-refractivity contribution is 5.95. The summed E-state index contributed by atoms with van der Waals surface area (Å²) in [6, 6.07) is 11.1. The highest BCUT2D eigenvalue weighted by Crippen LogP contribution is 2.30. The van der Waals surface area contributed by atoms with E-state index in [1.54, 1.807) is 30.1 Å². The van der Waals surface area contributed by atoms with Crippen LogP contribution < -0.4 is 20.1 Å². The molecular weight excluding hydrogens is 382 g/mol. The van der Waals surface area contributed by atoms with E-state index in [0.29, 0.717) is 30.4 Å². The Balaban J connectivity index is 1.89. The normalized spacial score (nSPS) is 10.6. The Morgan fingerprint density at radius 1 is 0.867 bits per heavy atom. The Morgan fingerprint density at radius 2 is 1.50 bits per heavy atom. The van der Waals surface area contributed by atoms with Gasteiger partial charge >= 0.3 is 0 Å². The molecule has 0 spiro atoms. The fourth-order valence-corrected chi connectivity index (χ4v) is 3.02. The first-order valence-corrected chi connectivity index (χ1v) is 10.1. The van der Waals surface area contributed by atoms with Crippen LogP contribution in [0.3, 0.4) is 0 Å². The average molecular weight is 414 g/mol. The van der Waals surface area contributed by atoms with E-state index in [4.69, 9.17) is 9.47 Å². The van der Waals surface area contributed by atoms with Crippen molar-refractivity contribution in [2.75, 3.05) is 44.0 Å². The first-order chi connectivity index (χ1) is 14.3. The van der Waals surface area contributed by atoms with Gasteiger partial charge in [0.1, 0.15) is 0 Å². The van der Waals surface area contributed by atoms with Gasteiger partial charge in [-0.05, 0) is 58.5 Å². The molecule has 0 saturated carbocycles. The van der Waals surface area contributed by atoms with Crippen molar-refractivity contribution in [2.24, 2.45) is 0 Å². The zero-order chi connectivity index (χ0) is 22.1. The molecule has 2 N–H and O–H groups in total. The number of aryl methyl sites for hydroxylation is 2. The summed E-state index contributed by atoms with van der Waals surface area (Å²) in [6.45, 7) is 8.96. The Bertz CT molecular complexity index is 883. The molecule has 0 aliphatic rings. The van der Waals surface area contributed by atoms with Crippen LogP contribution in [-0.4, -0.2) is 50.1 Å². The molecule has 7 nitrogen and oxygen atoms in total. The molecule has 0 aromatic heterocycles. The Kier molecular flexibility index (Phi) is 8.68. The molecule has 0 heterocycles. The minimum absolute atomic E-state index is 0.0808. The molecule has 30 heavy (non-hydrogen) atoms. The molecule has 0 radical (unpaired) electrons. The van der Waals surface area contributed by atoms with E-state index >= 15 is 0 Å². The molecule has 0 saturated heterocycles. The van der Waals surface area contributed by atoms with Crippen LogP contribution in [0.5, 0.6) is 11.5 Å². The number of amides is 2. The number of hydrogen-bond donors (Lipinski definition) is 2. The SMILES string of the molecule is CCOc1ccc(NC(=O)CN(C)CC(=O)Nc2ccc(C)cc2C)cc1OCC. The number of carbonyl (C=O) groups excluding carboxylic acids is 2. The van der Waals surface area contributed by atoms with Crippen LogP contribution in [0.2, 0.25) is 0 Å². The van der Waals surface area contributed by atoms with Gasteiger partial charge in [0.05, 0.1) is 26.3 Å². The molecule has 2 aromatic rings. The van der Waals surface area contributed by atoms with Gasteiger partial charge in [0.15, 0.2) is 11.5 Å². The summed E-state index contributed by atoms with van der Waals surface area (Å²) in [7, 11) is 1.73. The molecule has 0 atom stereocenters. The maximum atomic E-state index is 12.4. The molecule has 0 aliphatic carbocycles. The smallest absolute Gasteiger partial charge is 0.238 e. The molecule has 0 aliphatic heterocycles. The maximum Gasteiger partial charge on any atom is 0.238 e. The number of benzene rings is 2. The molecular formula is C23H31N3O4. The molecule has 162 valence electrons. The van der Waals surface area contributed by atoms with Crippen LogP contribution in [0.15, 0.2) is 36.4 Å². The predicted molar refractivity (Wildman–Crippen MR) is 119 cm³/mol. The molecule has 2 aromatic carbocycles. The number of rotatable bonds is 10. The lowest BCUT2D eigenvalue weighted by Crippen LogP contribution is -2.36. The van der Waals surface area contributed by atoms with Crippen LogP contribution in [0.25, 0.3) is 0 Å². The van der Waals surface area contributed by atoms with Crippen molar-refractivity contribution in [2.45, 2.75) is 27.7 Å². The summed E-state index contributed by atoms with van der Waals surface area (Å²) in [4.78, 5) is 26.3. The topological polar surface area (TPSA) is 79.9 Å². The molecule has 2 rings (SSSR count). The lowest BCUT2D eigenvalue weighted by atomic mass is 10.1. The molecule has 2 amide bonds. The van der Waals surface area contributed by atoms with Crippen molar-refractivity contribution in [3.63, 3.8) is 0 Å². The van der Waals surface area contributed by atoms with E-state index in [1.807, 2.05) is 45.9 Å². The molecule has 7 heteroatoms. The lowest BCUT2D eigenvalue weighted by Gasteiger charge is -2.17. The number of anilines is 2. The van der Waals surface area contributed by atoms with Gasteiger partial charge in [-0.1, -0.05) is 17.7 Å². The third-order valence-electron chi connectivity index (χ3n) is 4.31. The van der Waals surface area contributed by atoms with Gasteiger partial charge in [-0.15, -0.1) is 0 Å². The Hall–Kier alpha value is -3.06. The Labute approximate surface area is 178 Å². The monoisotopic (exact) mass is 413 g/mol. The fourth-order valence-electron chi connectivity index (χ4n) is 3.02. The van der Waals surface area contributed by atoms with Crippen LogP contribution in [0.4, 0.5) is 11.4 Å². The van der Waals surface area contributed by atoms with E-state index in [9.17, 15) is 9.59 Å². The average Bonchev–Trinajstić information content (AvgIpc) is 2.66. The number of likely N-dealkylation sites (N-methyl/N-ethyl adjacent to an activating group) is 1. The van der Waals surface area contributed by atoms with Crippen LogP contribution >= 0.6 is 0 Å². The van der Waals surface area contributed by atoms with Crippen LogP contribution in [0.1, 0.15) is 25.0 Å². The summed E-state index contributed by atoms with van der Waals surface area (Å²) in [6.07, 6.45) is 0. The number of carbonyl (C=O) groups is 2. The van der Waals surface area contributed by atoms with Gasteiger partial charge in [0, 0.05) is 17.4 Å². The minimum atomic E-state index is -0.219. The summed E-state index contributed by atoms with van der Waals surface area (Å²) in [5.41, 5.74) is 3.53. The van der Waals surface area contributed by atoms with Crippen molar-refractivity contribution < 1.29 is 19.1 Å².